The van der Waals surface area contributed by atoms with Gasteiger partial charge in [0.1, 0.15) is 35.0 Å². The number of hydroxylamine groups is 2. The molecule has 1 spiro atoms. The fraction of sp³-hybridized carbons (Fsp3) is 0.409. The smallest absolute Gasteiger partial charge is 0.445 e. The van der Waals surface area contributed by atoms with Crippen molar-refractivity contribution in [3.63, 3.8) is 0 Å². The summed E-state index contributed by atoms with van der Waals surface area (Å²) in [6, 6.07) is 4.59. The van der Waals surface area contributed by atoms with Gasteiger partial charge in [0, 0.05) is 23.7 Å². The third-order valence-electron chi connectivity index (χ3n) is 8.29. The Morgan fingerprint density at radius 1 is 1.12 bits per heavy atom. The van der Waals surface area contributed by atoms with Crippen LogP contribution in [0.25, 0.3) is 0 Å². The van der Waals surface area contributed by atoms with Crippen LogP contribution in [0.5, 0.6) is 11.8 Å². The lowest BCUT2D eigenvalue weighted by Gasteiger charge is -2.43. The van der Waals surface area contributed by atoms with Gasteiger partial charge in [-0.3, -0.25) is 0 Å². The summed E-state index contributed by atoms with van der Waals surface area (Å²) in [5, 5.41) is 8.96. The van der Waals surface area contributed by atoms with E-state index in [4.69, 9.17) is 23.4 Å². The summed E-state index contributed by atoms with van der Waals surface area (Å²) in [7, 11) is 0. The molecule has 3 fully saturated rings. The molecule has 2 aromatic heterocycles. The number of aromatic nitrogens is 2. The van der Waals surface area contributed by atoms with Gasteiger partial charge in [0.2, 0.25) is 0 Å². The second-order valence-electron chi connectivity index (χ2n) is 9.64. The van der Waals surface area contributed by atoms with E-state index in [9.17, 15) is 9.18 Å². The lowest BCUT2D eigenvalue weighted by atomic mass is 9.80. The molecule has 0 N–H and O–H groups in total. The number of halogens is 1. The zero-order valence-electron chi connectivity index (χ0n) is 17.6. The minimum atomic E-state index is -1.17. The largest absolute Gasteiger partial charge is 0.465 e. The predicted octanol–water partition coefficient (Wildman–Crippen LogP) is 3.40. The average Bonchev–Trinajstić information content (AvgIpc) is 3.19. The van der Waals surface area contributed by atoms with Crippen LogP contribution in [-0.4, -0.2) is 33.6 Å². The van der Waals surface area contributed by atoms with Crippen molar-refractivity contribution in [2.24, 2.45) is 5.92 Å². The molecule has 0 radical (unpaired) electrons. The van der Waals surface area contributed by atoms with Crippen LogP contribution in [0.2, 0.25) is 0 Å². The molecule has 10 nitrogen and oxygen atoms in total. The van der Waals surface area contributed by atoms with Crippen molar-refractivity contribution in [3.8, 4) is 11.8 Å². The summed E-state index contributed by atoms with van der Waals surface area (Å²) in [4.78, 5) is 20.7. The minimum Gasteiger partial charge on any atom is -0.465 e. The molecule has 3 aromatic rings. The first-order chi connectivity index (χ1) is 15.9. The number of anilines is 1. The van der Waals surface area contributed by atoms with Gasteiger partial charge in [0.25, 0.3) is 11.8 Å². The van der Waals surface area contributed by atoms with E-state index in [0.717, 1.165) is 22.7 Å². The zero-order chi connectivity index (χ0) is 22.3. The maximum Gasteiger partial charge on any atom is 0.445 e. The molecule has 5 atom stereocenters. The Bertz CT molecular complexity index is 1390. The number of hydrogen-bond donors (Lipinski definition) is 0. The van der Waals surface area contributed by atoms with E-state index >= 15 is 0 Å². The van der Waals surface area contributed by atoms with Gasteiger partial charge in [-0.25, -0.2) is 9.18 Å². The first kappa shape index (κ1) is 17.8. The van der Waals surface area contributed by atoms with E-state index in [1.54, 1.807) is 19.3 Å². The Labute approximate surface area is 185 Å². The zero-order valence-corrected chi connectivity index (χ0v) is 17.6. The minimum absolute atomic E-state index is 0.160. The monoisotopic (exact) mass is 452 g/mol. The number of carbonyl (C=O) groups is 1. The molecular weight excluding hydrogens is 435 g/mol. The number of nitrogens with zero attached hydrogens (tertiary/aromatic N) is 4. The van der Waals surface area contributed by atoms with E-state index in [-0.39, 0.29) is 5.88 Å². The summed E-state index contributed by atoms with van der Waals surface area (Å²) in [5.74, 6) is 0.520. The molecule has 1 saturated carbocycles. The van der Waals surface area contributed by atoms with Gasteiger partial charge in [-0.05, 0) is 48.8 Å². The van der Waals surface area contributed by atoms with Crippen LogP contribution >= 0.6 is 0 Å². The Kier molecular flexibility index (Phi) is 2.73. The molecule has 5 aliphatic rings. The summed E-state index contributed by atoms with van der Waals surface area (Å²) in [6.45, 7) is 4.60. The van der Waals surface area contributed by atoms with Crippen molar-refractivity contribution >= 4 is 11.8 Å². The number of ether oxygens (including phenoxy) is 2. The Morgan fingerprint density at radius 3 is 2.82 bits per heavy atom. The highest BCUT2D eigenvalue weighted by molar-refractivity contribution is 5.76. The number of rotatable bonds is 2. The van der Waals surface area contributed by atoms with Crippen LogP contribution < -0.4 is 14.5 Å². The molecule has 6 heterocycles. The molecule has 2 saturated heterocycles. The Hall–Kier alpha value is -3.76. The van der Waals surface area contributed by atoms with Crippen molar-refractivity contribution in [2.75, 3.05) is 11.4 Å². The van der Waals surface area contributed by atoms with Gasteiger partial charge in [0.05, 0.1) is 5.56 Å². The first-order valence-corrected chi connectivity index (χ1v) is 10.7. The second-order valence-corrected chi connectivity index (χ2v) is 9.64. The Balaban J connectivity index is 1.34. The number of fused-ring (bicyclic) bond motifs is 6. The molecule has 11 heteroatoms. The molecule has 1 amide bonds. The number of hydrogen-bond acceptors (Lipinski definition) is 9. The van der Waals surface area contributed by atoms with Crippen LogP contribution in [0.15, 0.2) is 39.8 Å². The average molecular weight is 452 g/mol. The molecule has 168 valence electrons. The van der Waals surface area contributed by atoms with E-state index in [0.29, 0.717) is 29.5 Å². The van der Waals surface area contributed by atoms with Crippen LogP contribution in [0, 0.1) is 11.7 Å². The van der Waals surface area contributed by atoms with Crippen LogP contribution in [0.1, 0.15) is 43.1 Å². The fourth-order valence-corrected chi connectivity index (χ4v) is 6.50. The maximum atomic E-state index is 14.7. The van der Waals surface area contributed by atoms with Crippen LogP contribution in [-0.2, 0) is 15.8 Å². The normalized spacial score (nSPS) is 36.5. The second kappa shape index (κ2) is 5.08. The number of piperidine rings is 1. The Morgan fingerprint density at radius 2 is 1.94 bits per heavy atom. The highest BCUT2D eigenvalue weighted by Crippen LogP contribution is 2.71. The number of carbonyl (C=O) groups excluding carboxylic acids is 1. The molecule has 2 bridgehead atoms. The van der Waals surface area contributed by atoms with Gasteiger partial charge in [-0.2, -0.15) is 0 Å². The van der Waals surface area contributed by atoms with E-state index < -0.39 is 34.7 Å². The standard InChI is InChI=1S/C22H17FN4O6/c1-20(16-12-8-29-24-17(12)33-27(20)19(28)31-16)13-5-11(23)3-4-15(13)26-7-10-6-22(10)21(26,2)14-9-30-25-18(14)32-22/h3-5,8-10,16H,6-7H2,1-2H3/t10-,16?,20?,21?,22+/m1/s1. The maximum absolute atomic E-state index is 14.7. The molecule has 8 rings (SSSR count). The first-order valence-electron chi connectivity index (χ1n) is 10.7. The van der Waals surface area contributed by atoms with Gasteiger partial charge in [-0.15, -0.1) is 5.06 Å². The van der Waals surface area contributed by atoms with Gasteiger partial charge in [0.15, 0.2) is 11.6 Å². The number of amides is 1. The molecule has 1 aromatic carbocycles. The van der Waals surface area contributed by atoms with Gasteiger partial charge >= 0.3 is 6.09 Å². The molecule has 3 unspecified atom stereocenters. The summed E-state index contributed by atoms with van der Waals surface area (Å²) >= 11 is 0. The molecule has 33 heavy (non-hydrogen) atoms. The van der Waals surface area contributed by atoms with Gasteiger partial charge < -0.3 is 28.3 Å². The summed E-state index contributed by atoms with van der Waals surface area (Å²) < 4.78 is 36.9. The third-order valence-corrected chi connectivity index (χ3v) is 8.29. The van der Waals surface area contributed by atoms with E-state index in [1.807, 2.05) is 0 Å². The van der Waals surface area contributed by atoms with Crippen molar-refractivity contribution in [1.82, 2.24) is 15.4 Å². The highest BCUT2D eigenvalue weighted by Gasteiger charge is 2.80. The fourth-order valence-electron chi connectivity index (χ4n) is 6.50. The topological polar surface area (TPSA) is 103 Å². The quantitative estimate of drug-likeness (QED) is 0.579. The van der Waals surface area contributed by atoms with Gasteiger partial charge in [-0.1, -0.05) is 0 Å². The molecule has 4 aliphatic heterocycles. The third kappa shape index (κ3) is 1.72. The lowest BCUT2D eigenvalue weighted by molar-refractivity contribution is -0.102. The van der Waals surface area contributed by atoms with Crippen LogP contribution in [0.3, 0.4) is 0 Å². The van der Waals surface area contributed by atoms with Crippen molar-refractivity contribution in [2.45, 2.75) is 43.1 Å². The van der Waals surface area contributed by atoms with Crippen molar-refractivity contribution in [3.05, 3.63) is 53.2 Å². The van der Waals surface area contributed by atoms with Crippen molar-refractivity contribution in [1.29, 1.82) is 0 Å². The van der Waals surface area contributed by atoms with E-state index in [1.165, 1.54) is 18.4 Å². The van der Waals surface area contributed by atoms with Crippen LogP contribution in [0.4, 0.5) is 14.9 Å². The molecule has 1 aliphatic carbocycles. The van der Waals surface area contributed by atoms with E-state index in [2.05, 4.69) is 22.1 Å². The predicted molar refractivity (Wildman–Crippen MR) is 105 cm³/mol. The summed E-state index contributed by atoms with van der Waals surface area (Å²) in [5.41, 5.74) is 0.528. The van der Waals surface area contributed by atoms with Crippen molar-refractivity contribution < 1.29 is 32.5 Å². The highest BCUT2D eigenvalue weighted by atomic mass is 19.1. The molecular formula is C22H17FN4O6. The SMILES string of the molecule is CC1(c2cc(F)ccc2N2C[C@H]3C[C@]34Oc3nocc3C24C)C2OC(=O)N1Oc1nocc12. The lowest BCUT2D eigenvalue weighted by Crippen LogP contribution is -2.51. The summed E-state index contributed by atoms with van der Waals surface area (Å²) in [6.07, 6.45) is 2.46. The number of benzene rings is 1.